The highest BCUT2D eigenvalue weighted by Crippen LogP contribution is 2.33. The summed E-state index contributed by atoms with van der Waals surface area (Å²) < 4.78 is 16.8. The molecule has 3 aromatic carbocycles. The summed E-state index contributed by atoms with van der Waals surface area (Å²) in [7, 11) is 3.76. The largest absolute Gasteiger partial charge is 0.508 e. The number of ether oxygens (including phenoxy) is 3. The first-order valence-corrected chi connectivity index (χ1v) is 49.4. The number of nitrogens with one attached hydrogen (secondary N) is 12. The molecule has 20 N–H and O–H groups in total. The summed E-state index contributed by atoms with van der Waals surface area (Å²) >= 11 is 1.00. The Morgan fingerprint density at radius 1 is 0.583 bits per heavy atom. The van der Waals surface area contributed by atoms with Crippen molar-refractivity contribution in [1.29, 1.82) is 0 Å². The fourth-order valence-electron chi connectivity index (χ4n) is 14.6. The van der Waals surface area contributed by atoms with Gasteiger partial charge in [0.1, 0.15) is 71.4 Å². The van der Waals surface area contributed by atoms with Crippen molar-refractivity contribution in [3.63, 3.8) is 0 Å². The van der Waals surface area contributed by atoms with E-state index in [0.29, 0.717) is 74.6 Å². The number of aromatic hydroxyl groups is 1. The molecule has 13 amide bonds. The van der Waals surface area contributed by atoms with E-state index in [1.807, 2.05) is 45.0 Å². The van der Waals surface area contributed by atoms with Gasteiger partial charge in [0, 0.05) is 99.8 Å². The number of carboxylic acids is 5. The quantitative estimate of drug-likeness (QED) is 0.00733. The van der Waals surface area contributed by atoms with Crippen LogP contribution in [0.2, 0.25) is 0 Å². The van der Waals surface area contributed by atoms with E-state index in [1.54, 1.807) is 79.7 Å². The Kier molecular flexibility index (Phi) is 52.3. The Labute approximate surface area is 817 Å². The number of likely N-dealkylation sites (tertiary alicyclic amines) is 1. The van der Waals surface area contributed by atoms with Gasteiger partial charge in [-0.25, -0.2) is 34.4 Å². The molecule has 44 nitrogen and oxygen atoms in total. The van der Waals surface area contributed by atoms with Crippen LogP contribution in [0.5, 0.6) is 5.75 Å². The second-order valence-electron chi connectivity index (χ2n) is 34.0. The predicted molar refractivity (Wildman–Crippen MR) is 509 cm³/mol. The van der Waals surface area contributed by atoms with Gasteiger partial charge in [0.25, 0.3) is 5.91 Å². The molecule has 1 aromatic heterocycles. The fraction of sp³-hybridized carbons (Fsp3) is 0.565. The maximum atomic E-state index is 15.1. The number of nitrogens with zero attached hydrogens (tertiary/aromatic N) is 3. The highest BCUT2D eigenvalue weighted by molar-refractivity contribution is 8.76. The number of carbonyl (C=O) groups excluding carboxylic acids is 14. The van der Waals surface area contributed by atoms with Gasteiger partial charge in [-0.2, -0.15) is 0 Å². The first-order valence-electron chi connectivity index (χ1n) is 46.0. The van der Waals surface area contributed by atoms with Crippen LogP contribution in [0.1, 0.15) is 209 Å². The van der Waals surface area contributed by atoms with Gasteiger partial charge in [-0.15, -0.1) is 11.3 Å². The fourth-order valence-corrected chi connectivity index (χ4v) is 17.4. The van der Waals surface area contributed by atoms with E-state index >= 15 is 4.79 Å². The van der Waals surface area contributed by atoms with Crippen LogP contribution in [-0.4, -0.2) is 276 Å². The lowest BCUT2D eigenvalue weighted by Gasteiger charge is -2.39. The molecule has 5 rings (SSSR count). The number of carboxylic acid groups (broad SMARTS) is 5. The summed E-state index contributed by atoms with van der Waals surface area (Å²) in [6.07, 6.45) is 1.000. The highest BCUT2D eigenvalue weighted by Gasteiger charge is 2.41. The summed E-state index contributed by atoms with van der Waals surface area (Å²) in [6.45, 7) is 11.4. The van der Waals surface area contributed by atoms with Crippen LogP contribution in [0, 0.1) is 17.8 Å². The van der Waals surface area contributed by atoms with Crippen LogP contribution >= 0.6 is 32.9 Å². The predicted octanol–water partition coefficient (Wildman–Crippen LogP) is 4.25. The first-order chi connectivity index (χ1) is 66.1. The van der Waals surface area contributed by atoms with Gasteiger partial charge in [0.05, 0.1) is 12.5 Å². The number of esters is 2. The Hall–Kier alpha value is -12.8. The molecule has 0 spiro atoms. The number of rotatable bonds is 63. The smallest absolute Gasteiger partial charge is 0.426 e. The van der Waals surface area contributed by atoms with E-state index < -0.39 is 218 Å². The normalized spacial score (nSPS) is 15.2. The zero-order valence-corrected chi connectivity index (χ0v) is 81.6. The second kappa shape index (κ2) is 62.2. The summed E-state index contributed by atoms with van der Waals surface area (Å²) in [5.74, 6) is -18.0. The number of carbonyl (C=O) groups is 19. The number of urea groups is 1. The van der Waals surface area contributed by atoms with Gasteiger partial charge in [-0.3, -0.25) is 77.4 Å². The van der Waals surface area contributed by atoms with Crippen LogP contribution in [0.4, 0.5) is 9.59 Å². The highest BCUT2D eigenvalue weighted by atomic mass is 33.1. The van der Waals surface area contributed by atoms with E-state index in [9.17, 15) is 112 Å². The number of nitrogens with two attached hydrogens (primary N) is 1. The lowest BCUT2D eigenvalue weighted by molar-refractivity contribution is -0.161. The van der Waals surface area contributed by atoms with Crippen molar-refractivity contribution in [2.24, 2.45) is 23.5 Å². The summed E-state index contributed by atoms with van der Waals surface area (Å²) in [5, 5.41) is 84.4. The third-order valence-corrected chi connectivity index (χ3v) is 25.8. The number of phenols is 1. The van der Waals surface area contributed by atoms with Crippen molar-refractivity contribution in [1.82, 2.24) is 78.8 Å². The average Bonchev–Trinajstić information content (AvgIpc) is 1.78. The van der Waals surface area contributed by atoms with Gasteiger partial charge < -0.3 is 109 Å². The number of likely N-dealkylation sites (N-methyl/N-ethyl adjacent to an activating group) is 1. The molecule has 14 atom stereocenters. The molecule has 0 saturated carbocycles. The number of hydrogen-bond acceptors (Lipinski definition) is 29. The number of benzene rings is 3. The summed E-state index contributed by atoms with van der Waals surface area (Å²) in [6, 6.07) is 7.94. The number of amides is 13. The Morgan fingerprint density at radius 2 is 1.17 bits per heavy atom. The summed E-state index contributed by atoms with van der Waals surface area (Å²) in [4.78, 5) is 256. The van der Waals surface area contributed by atoms with E-state index in [1.165, 1.54) is 36.3 Å². The van der Waals surface area contributed by atoms with Crippen molar-refractivity contribution < 1.29 is 136 Å². The molecule has 1 unspecified atom stereocenters. The lowest BCUT2D eigenvalue weighted by atomic mass is 9.92. The number of aliphatic carboxylic acids is 5. The number of hydrazine groups is 1. The molecule has 47 heteroatoms. The average molecular weight is 2010 g/mol. The van der Waals surface area contributed by atoms with Crippen molar-refractivity contribution in [2.75, 3.05) is 51.5 Å². The number of thiazole rings is 1. The van der Waals surface area contributed by atoms with E-state index in [-0.39, 0.29) is 117 Å². The molecule has 1 aliphatic rings. The third-order valence-electron chi connectivity index (χ3n) is 22.5. The SMILES string of the molecule is CCCC(=O)OCN(C(=O)[C@@H](NC(=O)[C@H]1CCCCN1C)C(C)CC)[C@H](C[C@@H](OC(C)=O)c1nc(C(=O)N[C@@H](Cc2ccc(O)cc2)C[C@H](C)C(=O)NNC(=O)OCCSSC[C@H](NC(=O)[C@H](CC(=O)O)NC(=O)[C@@H](N)CNC(=O)[C@H](Cc2ccccc2)NC(=O)[C@H](Cc2ccccc2)NC(=O)CCCCCCCNC(=O)CC[C@H](NC(=O)N[C@@H](CCC(=O)O)C(=O)O)C(=O)O)C(=O)O)cs1)C(C)C. The van der Waals surface area contributed by atoms with Crippen molar-refractivity contribution in [3.05, 3.63) is 118 Å². The van der Waals surface area contributed by atoms with Crippen molar-refractivity contribution >= 4 is 146 Å². The Bertz CT molecular complexity index is 4740. The first kappa shape index (κ1) is 117. The van der Waals surface area contributed by atoms with Gasteiger partial charge >= 0.3 is 53.9 Å². The van der Waals surface area contributed by atoms with Crippen LogP contribution in [-0.2, 0) is 110 Å². The maximum Gasteiger partial charge on any atom is 0.426 e. The van der Waals surface area contributed by atoms with Crippen LogP contribution in [0.15, 0.2) is 90.3 Å². The molecule has 4 aromatic rings. The van der Waals surface area contributed by atoms with Crippen molar-refractivity contribution in [3.8, 4) is 5.75 Å². The number of unbranched alkanes of at least 4 members (excludes halogenated alkanes) is 4. The molecular weight excluding hydrogens is 1870 g/mol. The van der Waals surface area contributed by atoms with E-state index in [0.717, 1.165) is 45.8 Å². The van der Waals surface area contributed by atoms with Crippen molar-refractivity contribution in [2.45, 2.75) is 262 Å². The molecule has 0 radical (unpaired) electrons. The topological polar surface area (TPSA) is 663 Å². The second-order valence-corrected chi connectivity index (χ2v) is 37.5. The minimum absolute atomic E-state index is 0.00747. The molecule has 0 aliphatic carbocycles. The minimum Gasteiger partial charge on any atom is -0.508 e. The number of aromatic nitrogens is 1. The summed E-state index contributed by atoms with van der Waals surface area (Å²) in [5.41, 5.74) is 12.4. The standard InChI is InChI=1S/C92H132N16O28S3/c1-9-24-77(117)135-52-108(87(125)78(54(5)10-2)104-85(124)70-29-21-23-40-107(70)8)71(53(3)4)48-72(136-56(7)109)86-101-68(50-137-86)84(123)96-60(44-59-31-33-61(110)34-32-59)43-55(6)79(118)105-106-92(133)134-41-42-138-139-51-69(90(130)131)100-83(122)67(47-76(115)116)98-80(119)62(93)49-95-81(120)65(45-57-25-16-14-17-26-57)99-82(121)66(46-58-27-18-15-19-28-58)97-74(112)30-20-12-11-13-22-39-94-73(111)37-35-63(88(126)127)102-91(132)103-64(89(128)129)36-38-75(113)114/h14-19,25-28,31-34,50,53-55,60,62-67,69-72,78,110H,9-13,20-24,29-30,35-49,51-52,93H2,1-8H3,(H,94,111)(H,95,120)(H,96,123)(H,97,112)(H,98,119)(H,99,121)(H,100,122)(H,104,124)(H,105,118)(H,106,133)(H,113,114)(H,115,116)(H,126,127)(H,128,129)(H,130,131)(H2,102,103,132)/t54?,55-,60+,62-,63-,64-,65-,66-,67-,69-,70+,71+,72+,78-/m0/s1. The molecule has 139 heavy (non-hydrogen) atoms. The number of phenolic OH excluding ortho intramolecular Hbond substituents is 1. The Balaban J connectivity index is 1.11. The molecule has 1 saturated heterocycles. The van der Waals surface area contributed by atoms with Crippen LogP contribution in [0.25, 0.3) is 0 Å². The van der Waals surface area contributed by atoms with Gasteiger partial charge in [0.2, 0.25) is 53.2 Å². The number of piperidine rings is 1. The molecule has 1 fully saturated rings. The molecule has 1 aliphatic heterocycles. The molecule has 0 bridgehead atoms. The lowest BCUT2D eigenvalue weighted by Crippen LogP contribution is -2.59. The van der Waals surface area contributed by atoms with E-state index in [4.69, 9.17) is 25.1 Å². The molecule has 766 valence electrons. The minimum atomic E-state index is -1.91. The monoisotopic (exact) mass is 2000 g/mol. The van der Waals surface area contributed by atoms with Crippen LogP contribution < -0.4 is 69.8 Å². The van der Waals surface area contributed by atoms with Crippen LogP contribution in [0.3, 0.4) is 0 Å². The van der Waals surface area contributed by atoms with Gasteiger partial charge in [-0.1, -0.05) is 168 Å². The molecular formula is C92H132N16O28S3. The number of hydrogen-bond donors (Lipinski definition) is 19. The van der Waals surface area contributed by atoms with E-state index in [2.05, 4.69) is 63.7 Å². The zero-order chi connectivity index (χ0) is 103. The van der Waals surface area contributed by atoms with Gasteiger partial charge in [0.15, 0.2) is 12.8 Å². The van der Waals surface area contributed by atoms with Gasteiger partial charge in [-0.05, 0) is 112 Å². The molecule has 2 heterocycles. The third kappa shape index (κ3) is 44.3. The maximum absolute atomic E-state index is 15.1. The zero-order valence-electron chi connectivity index (χ0n) is 79.1. The Morgan fingerprint density at radius 3 is 1.76 bits per heavy atom.